The van der Waals surface area contributed by atoms with Crippen molar-refractivity contribution in [2.75, 3.05) is 0 Å². The van der Waals surface area contributed by atoms with Crippen LogP contribution in [0.15, 0.2) is 0 Å². The van der Waals surface area contributed by atoms with Crippen LogP contribution in [0.2, 0.25) is 0 Å². The SMILES string of the molecule is CCCCCCCCCCCCCCCCCCC(CC(N)=O)(C(=O)[O-])S(=O)(=O)[O-].[Na+].[Na+]. The fourth-order valence-corrected chi connectivity index (χ4v) is 4.74. The molecule has 0 heterocycles. The topological polar surface area (TPSA) is 140 Å². The quantitative estimate of drug-likeness (QED) is 0.107. The Labute approximate surface area is 239 Å². The minimum absolute atomic E-state index is 0. The third-order valence-electron chi connectivity index (χ3n) is 5.74. The summed E-state index contributed by atoms with van der Waals surface area (Å²) in [7, 11) is -5.25. The first-order valence-corrected chi connectivity index (χ1v) is 13.0. The molecule has 1 atom stereocenters. The monoisotopic (exact) mass is 493 g/mol. The second-order valence-corrected chi connectivity index (χ2v) is 10.1. The van der Waals surface area contributed by atoms with Crippen LogP contribution in [0.25, 0.3) is 0 Å². The molecule has 0 radical (unpaired) electrons. The van der Waals surface area contributed by atoms with Crippen LogP contribution in [0.3, 0.4) is 0 Å². The molecule has 0 aliphatic rings. The first-order chi connectivity index (χ1) is 14.2. The molecule has 1 unspecified atom stereocenters. The largest absolute Gasteiger partial charge is 1.00 e. The molecular weight excluding hydrogens is 452 g/mol. The van der Waals surface area contributed by atoms with E-state index in [0.717, 1.165) is 25.7 Å². The smallest absolute Gasteiger partial charge is 0.747 e. The summed E-state index contributed by atoms with van der Waals surface area (Å²) in [4.78, 5) is 22.4. The van der Waals surface area contributed by atoms with E-state index in [-0.39, 0.29) is 65.5 Å². The van der Waals surface area contributed by atoms with Gasteiger partial charge in [-0.2, -0.15) is 0 Å². The number of carboxylic acid groups (broad SMARTS) is 1. The number of amides is 1. The number of primary amides is 1. The summed E-state index contributed by atoms with van der Waals surface area (Å²) >= 11 is 0. The van der Waals surface area contributed by atoms with Crippen molar-refractivity contribution in [3.8, 4) is 0 Å². The van der Waals surface area contributed by atoms with E-state index in [0.29, 0.717) is 6.42 Å². The van der Waals surface area contributed by atoms with E-state index in [1.54, 1.807) is 0 Å². The molecule has 0 aliphatic carbocycles. The van der Waals surface area contributed by atoms with Crippen molar-refractivity contribution in [3.63, 3.8) is 0 Å². The van der Waals surface area contributed by atoms with Gasteiger partial charge in [0.25, 0.3) is 0 Å². The number of carboxylic acids is 1. The second-order valence-electron chi connectivity index (χ2n) is 8.43. The van der Waals surface area contributed by atoms with Crippen molar-refractivity contribution in [3.05, 3.63) is 0 Å². The van der Waals surface area contributed by atoms with Crippen LogP contribution < -0.4 is 70.0 Å². The molecule has 0 aromatic rings. The molecule has 0 rings (SSSR count). The van der Waals surface area contributed by atoms with Crippen LogP contribution in [0.1, 0.15) is 122 Å². The molecule has 10 heteroatoms. The molecule has 0 saturated heterocycles. The number of carbonyl (C=O) groups is 2. The summed E-state index contributed by atoms with van der Waals surface area (Å²) in [6.07, 6.45) is 16.6. The molecule has 32 heavy (non-hydrogen) atoms. The third kappa shape index (κ3) is 17.3. The Morgan fingerprint density at radius 3 is 1.28 bits per heavy atom. The van der Waals surface area contributed by atoms with Gasteiger partial charge in [0.15, 0.2) is 0 Å². The van der Waals surface area contributed by atoms with Gasteiger partial charge in [-0.1, -0.05) is 110 Å². The van der Waals surface area contributed by atoms with Gasteiger partial charge in [-0.05, 0) is 6.42 Å². The molecule has 0 bridgehead atoms. The van der Waals surface area contributed by atoms with Gasteiger partial charge in [-0.3, -0.25) is 4.79 Å². The van der Waals surface area contributed by atoms with Crippen LogP contribution in [-0.2, 0) is 19.7 Å². The summed E-state index contributed by atoms with van der Waals surface area (Å²) < 4.78 is 31.6. The Bertz CT molecular complexity index is 589. The second kappa shape index (κ2) is 22.3. The summed E-state index contributed by atoms with van der Waals surface area (Å²) in [6, 6.07) is 0. The van der Waals surface area contributed by atoms with Crippen LogP contribution in [-0.4, -0.2) is 29.6 Å². The number of carbonyl (C=O) groups excluding carboxylic acids is 2. The molecule has 0 aliphatic heterocycles. The van der Waals surface area contributed by atoms with Crippen molar-refractivity contribution >= 4 is 22.0 Å². The van der Waals surface area contributed by atoms with E-state index in [4.69, 9.17) is 5.73 Å². The average molecular weight is 494 g/mol. The number of unbranched alkanes of at least 4 members (excludes halogenated alkanes) is 15. The molecule has 0 aromatic heterocycles. The first kappa shape index (κ1) is 37.4. The maximum atomic E-state index is 11.4. The predicted octanol–water partition coefficient (Wildman–Crippen LogP) is -2.44. The summed E-state index contributed by atoms with van der Waals surface area (Å²) in [5.41, 5.74) is 4.94. The zero-order valence-corrected chi connectivity index (χ0v) is 25.5. The number of aliphatic carboxylic acids is 1. The molecular formula is C22H41NNa2O6S. The van der Waals surface area contributed by atoms with Gasteiger partial charge in [0, 0.05) is 0 Å². The van der Waals surface area contributed by atoms with Crippen molar-refractivity contribution in [2.24, 2.45) is 5.73 Å². The van der Waals surface area contributed by atoms with Crippen molar-refractivity contribution in [1.29, 1.82) is 0 Å². The zero-order valence-electron chi connectivity index (χ0n) is 20.7. The van der Waals surface area contributed by atoms with Crippen LogP contribution in [0, 0.1) is 0 Å². The van der Waals surface area contributed by atoms with E-state index >= 15 is 0 Å². The summed E-state index contributed by atoms with van der Waals surface area (Å²) in [5.74, 6) is -3.19. The molecule has 0 fully saturated rings. The Kier molecular flexibility index (Phi) is 26.1. The third-order valence-corrected chi connectivity index (χ3v) is 7.22. The Morgan fingerprint density at radius 2 is 1.03 bits per heavy atom. The number of hydrogen-bond donors (Lipinski definition) is 1. The van der Waals surface area contributed by atoms with Crippen molar-refractivity contribution < 1.29 is 86.8 Å². The fraction of sp³-hybridized carbons (Fsp3) is 0.909. The van der Waals surface area contributed by atoms with Gasteiger partial charge in [-0.25, -0.2) is 8.42 Å². The van der Waals surface area contributed by atoms with Gasteiger partial charge in [0.2, 0.25) is 5.91 Å². The molecule has 178 valence electrons. The van der Waals surface area contributed by atoms with E-state index in [9.17, 15) is 27.7 Å². The van der Waals surface area contributed by atoms with E-state index in [1.165, 1.54) is 64.2 Å². The van der Waals surface area contributed by atoms with Gasteiger partial charge in [0.1, 0.15) is 14.9 Å². The molecule has 2 N–H and O–H groups in total. The van der Waals surface area contributed by atoms with Gasteiger partial charge in [0.05, 0.1) is 12.4 Å². The minimum Gasteiger partial charge on any atom is -0.747 e. The maximum absolute atomic E-state index is 11.4. The molecule has 0 saturated carbocycles. The summed E-state index contributed by atoms with van der Waals surface area (Å²) in [5, 5.41) is 11.3. The molecule has 1 amide bonds. The van der Waals surface area contributed by atoms with Crippen LogP contribution in [0.5, 0.6) is 0 Å². The minimum atomic E-state index is -5.25. The molecule has 0 aromatic carbocycles. The van der Waals surface area contributed by atoms with Crippen LogP contribution >= 0.6 is 0 Å². The first-order valence-electron chi connectivity index (χ1n) is 11.6. The zero-order chi connectivity index (χ0) is 22.9. The van der Waals surface area contributed by atoms with E-state index in [1.807, 2.05) is 0 Å². The van der Waals surface area contributed by atoms with Gasteiger partial charge in [-0.15, -0.1) is 0 Å². The van der Waals surface area contributed by atoms with Gasteiger partial charge >= 0.3 is 59.1 Å². The van der Waals surface area contributed by atoms with Crippen molar-refractivity contribution in [1.82, 2.24) is 0 Å². The maximum Gasteiger partial charge on any atom is 1.00 e. The number of nitrogens with two attached hydrogens (primary N) is 1. The standard InChI is InChI=1S/C22H43NO6S.2Na/c1-2-3-4-5-6-7-8-9-10-11-12-13-14-15-16-17-18-22(21(25)26,19-20(23)24)30(27,28)29;;/h2-19H2,1H3,(H2,23,24)(H,25,26)(H,27,28,29);;/q;2*+1/p-2. The van der Waals surface area contributed by atoms with Crippen LogP contribution in [0.4, 0.5) is 0 Å². The Morgan fingerprint density at radius 1 is 0.719 bits per heavy atom. The fourth-order valence-electron chi connectivity index (χ4n) is 3.82. The van der Waals surface area contributed by atoms with E-state index < -0.39 is 39.6 Å². The number of hydrogen-bond acceptors (Lipinski definition) is 6. The predicted molar refractivity (Wildman–Crippen MR) is 115 cm³/mol. The average Bonchev–Trinajstić information content (AvgIpc) is 2.65. The van der Waals surface area contributed by atoms with Gasteiger partial charge < -0.3 is 20.2 Å². The van der Waals surface area contributed by atoms with E-state index in [2.05, 4.69) is 6.92 Å². The normalized spacial score (nSPS) is 12.9. The Balaban J connectivity index is -0.00000420. The van der Waals surface area contributed by atoms with Crippen molar-refractivity contribution in [2.45, 2.75) is 127 Å². The summed E-state index contributed by atoms with van der Waals surface area (Å²) in [6.45, 7) is 2.23. The molecule has 7 nitrogen and oxygen atoms in total. The molecule has 0 spiro atoms. The number of rotatable bonds is 21. The Hall–Kier alpha value is 0.850.